The summed E-state index contributed by atoms with van der Waals surface area (Å²) in [7, 11) is 0. The zero-order chi connectivity index (χ0) is 13.9. The molecule has 2 aliphatic heterocycles. The number of amides is 1. The molecule has 0 saturated carbocycles. The Morgan fingerprint density at radius 2 is 2.14 bits per heavy atom. The maximum absolute atomic E-state index is 12.8. The number of piperidine rings is 1. The fourth-order valence-electron chi connectivity index (χ4n) is 3.55. The molecule has 0 aromatic heterocycles. The molecule has 3 rings (SSSR count). The lowest BCUT2D eigenvalue weighted by atomic mass is 9.96. The van der Waals surface area contributed by atoms with E-state index in [0.29, 0.717) is 11.9 Å². The van der Waals surface area contributed by atoms with Crippen LogP contribution in [0.2, 0.25) is 0 Å². The molecule has 3 nitrogen and oxygen atoms in total. The van der Waals surface area contributed by atoms with Crippen LogP contribution in [0.25, 0.3) is 0 Å². The second-order valence-electron chi connectivity index (χ2n) is 6.15. The van der Waals surface area contributed by atoms with Crippen molar-refractivity contribution in [2.45, 2.75) is 38.6 Å². The van der Waals surface area contributed by atoms with Crippen molar-refractivity contribution in [3.8, 4) is 0 Å². The number of hydrogen-bond donors (Lipinski definition) is 1. The largest absolute Gasteiger partial charge is 0.335 e. The van der Waals surface area contributed by atoms with E-state index in [1.165, 1.54) is 11.1 Å². The third-order valence-electron chi connectivity index (χ3n) is 4.61. The van der Waals surface area contributed by atoms with Crippen LogP contribution in [0.1, 0.15) is 42.9 Å². The Balaban J connectivity index is 0.00000161. The molecule has 116 valence electrons. The number of nitrogens with zero attached hydrogens (tertiary/aromatic N) is 1. The minimum absolute atomic E-state index is 0. The van der Waals surface area contributed by atoms with E-state index in [-0.39, 0.29) is 18.3 Å². The van der Waals surface area contributed by atoms with Crippen molar-refractivity contribution in [2.75, 3.05) is 19.6 Å². The molecular weight excluding hydrogens is 284 g/mol. The number of rotatable bonds is 2. The topological polar surface area (TPSA) is 32.3 Å². The van der Waals surface area contributed by atoms with Gasteiger partial charge in [-0.3, -0.25) is 4.79 Å². The van der Waals surface area contributed by atoms with Gasteiger partial charge in [-0.2, -0.15) is 0 Å². The highest BCUT2D eigenvalue weighted by Crippen LogP contribution is 2.34. The summed E-state index contributed by atoms with van der Waals surface area (Å²) < 4.78 is 0. The van der Waals surface area contributed by atoms with Gasteiger partial charge in [-0.25, -0.2) is 0 Å². The Hall–Kier alpha value is -1.06. The SMILES string of the molecule is Cc1cccc(C2CCCN2C(=O)C2CCCNC2)c1.Cl. The predicted octanol–water partition coefficient (Wildman–Crippen LogP) is 3.08. The molecule has 2 unspecified atom stereocenters. The van der Waals surface area contributed by atoms with Gasteiger partial charge >= 0.3 is 0 Å². The number of likely N-dealkylation sites (tertiary alicyclic amines) is 1. The summed E-state index contributed by atoms with van der Waals surface area (Å²) in [5.74, 6) is 0.551. The molecule has 0 bridgehead atoms. The number of hydrogen-bond acceptors (Lipinski definition) is 2. The molecule has 2 saturated heterocycles. The van der Waals surface area contributed by atoms with Crippen molar-refractivity contribution >= 4 is 18.3 Å². The third-order valence-corrected chi connectivity index (χ3v) is 4.61. The van der Waals surface area contributed by atoms with Crippen LogP contribution in [0.3, 0.4) is 0 Å². The molecular formula is C17H25ClN2O. The monoisotopic (exact) mass is 308 g/mol. The first-order valence-electron chi connectivity index (χ1n) is 7.83. The Kier molecular flexibility index (Phi) is 5.65. The van der Waals surface area contributed by atoms with Gasteiger partial charge in [0.05, 0.1) is 12.0 Å². The highest BCUT2D eigenvalue weighted by atomic mass is 35.5. The van der Waals surface area contributed by atoms with E-state index in [9.17, 15) is 4.79 Å². The molecule has 1 aromatic rings. The summed E-state index contributed by atoms with van der Waals surface area (Å²) >= 11 is 0. The van der Waals surface area contributed by atoms with Gasteiger partial charge in [0.25, 0.3) is 0 Å². The molecule has 0 radical (unpaired) electrons. The van der Waals surface area contributed by atoms with E-state index in [2.05, 4.69) is 41.4 Å². The number of benzene rings is 1. The van der Waals surface area contributed by atoms with Gasteiger partial charge in [0.15, 0.2) is 0 Å². The van der Waals surface area contributed by atoms with Gasteiger partial charge in [0.2, 0.25) is 5.91 Å². The Bertz CT molecular complexity index is 485. The van der Waals surface area contributed by atoms with E-state index in [1.54, 1.807) is 0 Å². The minimum Gasteiger partial charge on any atom is -0.335 e. The van der Waals surface area contributed by atoms with E-state index < -0.39 is 0 Å². The molecule has 4 heteroatoms. The minimum atomic E-state index is 0. The molecule has 1 amide bonds. The zero-order valence-electron chi connectivity index (χ0n) is 12.7. The summed E-state index contributed by atoms with van der Waals surface area (Å²) in [4.78, 5) is 14.9. The number of nitrogens with one attached hydrogen (secondary N) is 1. The Morgan fingerprint density at radius 3 is 2.86 bits per heavy atom. The molecule has 21 heavy (non-hydrogen) atoms. The van der Waals surface area contributed by atoms with E-state index in [1.807, 2.05) is 0 Å². The van der Waals surface area contributed by atoms with Crippen LogP contribution in [0, 0.1) is 12.8 Å². The van der Waals surface area contributed by atoms with Crippen LogP contribution in [0.4, 0.5) is 0 Å². The maximum atomic E-state index is 12.8. The lowest BCUT2D eigenvalue weighted by Crippen LogP contribution is -2.42. The highest BCUT2D eigenvalue weighted by molar-refractivity contribution is 5.85. The summed E-state index contributed by atoms with van der Waals surface area (Å²) in [6, 6.07) is 8.92. The standard InChI is InChI=1S/C17H24N2O.ClH/c1-13-5-2-6-14(11-13)16-8-4-10-19(16)17(20)15-7-3-9-18-12-15;/h2,5-6,11,15-16,18H,3-4,7-10,12H2,1H3;1H. The Morgan fingerprint density at radius 1 is 1.29 bits per heavy atom. The highest BCUT2D eigenvalue weighted by Gasteiger charge is 2.34. The summed E-state index contributed by atoms with van der Waals surface area (Å²) in [6.45, 7) is 4.96. The number of carbonyl (C=O) groups is 1. The molecule has 2 heterocycles. The normalized spacial score (nSPS) is 25.5. The van der Waals surface area contributed by atoms with Gasteiger partial charge in [0, 0.05) is 13.1 Å². The lowest BCUT2D eigenvalue weighted by molar-refractivity contribution is -0.137. The van der Waals surface area contributed by atoms with Crippen LogP contribution in [0.15, 0.2) is 24.3 Å². The average Bonchev–Trinajstić information content (AvgIpc) is 2.97. The zero-order valence-corrected chi connectivity index (χ0v) is 13.5. The van der Waals surface area contributed by atoms with Crippen LogP contribution >= 0.6 is 12.4 Å². The van der Waals surface area contributed by atoms with Gasteiger partial charge in [-0.05, 0) is 44.7 Å². The van der Waals surface area contributed by atoms with Crippen molar-refractivity contribution in [3.63, 3.8) is 0 Å². The van der Waals surface area contributed by atoms with Crippen molar-refractivity contribution in [3.05, 3.63) is 35.4 Å². The lowest BCUT2D eigenvalue weighted by Gasteiger charge is -2.31. The quantitative estimate of drug-likeness (QED) is 0.910. The smallest absolute Gasteiger partial charge is 0.227 e. The van der Waals surface area contributed by atoms with Gasteiger partial charge < -0.3 is 10.2 Å². The second kappa shape index (κ2) is 7.28. The molecule has 2 atom stereocenters. The van der Waals surface area contributed by atoms with Crippen LogP contribution < -0.4 is 5.32 Å². The van der Waals surface area contributed by atoms with E-state index >= 15 is 0 Å². The fraction of sp³-hybridized carbons (Fsp3) is 0.588. The summed E-state index contributed by atoms with van der Waals surface area (Å²) in [6.07, 6.45) is 4.40. The van der Waals surface area contributed by atoms with Gasteiger partial charge in [0.1, 0.15) is 0 Å². The molecule has 1 aromatic carbocycles. The summed E-state index contributed by atoms with van der Waals surface area (Å²) in [5.41, 5.74) is 2.58. The fourth-order valence-corrected chi connectivity index (χ4v) is 3.55. The molecule has 2 aliphatic rings. The summed E-state index contributed by atoms with van der Waals surface area (Å²) in [5, 5.41) is 3.36. The van der Waals surface area contributed by atoms with E-state index in [4.69, 9.17) is 0 Å². The first-order valence-corrected chi connectivity index (χ1v) is 7.83. The maximum Gasteiger partial charge on any atom is 0.227 e. The van der Waals surface area contributed by atoms with Gasteiger partial charge in [-0.1, -0.05) is 29.8 Å². The van der Waals surface area contributed by atoms with Crippen molar-refractivity contribution < 1.29 is 4.79 Å². The van der Waals surface area contributed by atoms with Crippen molar-refractivity contribution in [1.82, 2.24) is 10.2 Å². The van der Waals surface area contributed by atoms with Crippen LogP contribution in [-0.4, -0.2) is 30.4 Å². The molecule has 0 spiro atoms. The average molecular weight is 309 g/mol. The number of aryl methyl sites for hydroxylation is 1. The number of halogens is 1. The van der Waals surface area contributed by atoms with Crippen LogP contribution in [0.5, 0.6) is 0 Å². The van der Waals surface area contributed by atoms with Crippen molar-refractivity contribution in [2.24, 2.45) is 5.92 Å². The molecule has 2 fully saturated rings. The molecule has 1 N–H and O–H groups in total. The number of carbonyl (C=O) groups excluding carboxylic acids is 1. The first kappa shape index (κ1) is 16.3. The van der Waals surface area contributed by atoms with Crippen LogP contribution in [-0.2, 0) is 4.79 Å². The first-order chi connectivity index (χ1) is 9.75. The van der Waals surface area contributed by atoms with Gasteiger partial charge in [-0.15, -0.1) is 12.4 Å². The van der Waals surface area contributed by atoms with E-state index in [0.717, 1.165) is 45.3 Å². The predicted molar refractivity (Wildman–Crippen MR) is 87.7 cm³/mol. The second-order valence-corrected chi connectivity index (χ2v) is 6.15. The Labute approximate surface area is 133 Å². The molecule has 0 aliphatic carbocycles. The van der Waals surface area contributed by atoms with Crippen molar-refractivity contribution in [1.29, 1.82) is 0 Å². The third kappa shape index (κ3) is 3.58.